The van der Waals surface area contributed by atoms with Crippen LogP contribution in [0.4, 0.5) is 0 Å². The maximum atomic E-state index is 9.97. The van der Waals surface area contributed by atoms with Gasteiger partial charge in [0.2, 0.25) is 0 Å². The Kier molecular flexibility index (Phi) is 3.19. The van der Waals surface area contributed by atoms with Crippen molar-refractivity contribution in [2.75, 3.05) is 13.2 Å². The van der Waals surface area contributed by atoms with Crippen molar-refractivity contribution in [1.29, 1.82) is 0 Å². The van der Waals surface area contributed by atoms with Gasteiger partial charge in [0.1, 0.15) is 24.1 Å². The normalized spacial score (nSPS) is 29.2. The molecule has 122 valence electrons. The van der Waals surface area contributed by atoms with Crippen LogP contribution in [-0.2, 0) is 9.47 Å². The third-order valence-electron chi connectivity index (χ3n) is 5.06. The van der Waals surface area contributed by atoms with Crippen molar-refractivity contribution in [3.8, 4) is 11.4 Å². The molecule has 0 aliphatic carbocycles. The molecule has 0 radical (unpaired) electrons. The van der Waals surface area contributed by atoms with Crippen LogP contribution < -0.4 is 0 Å². The van der Waals surface area contributed by atoms with Gasteiger partial charge in [0.15, 0.2) is 0 Å². The fraction of sp³-hybridized carbons (Fsp3) is 0.316. The predicted octanol–water partition coefficient (Wildman–Crippen LogP) is 2.40. The van der Waals surface area contributed by atoms with Gasteiger partial charge in [-0.25, -0.2) is 4.98 Å². The Labute approximate surface area is 139 Å². The molecule has 2 aromatic carbocycles. The second-order valence-electron chi connectivity index (χ2n) is 6.42. The molecule has 5 heteroatoms. The van der Waals surface area contributed by atoms with Gasteiger partial charge in [0, 0.05) is 18.0 Å². The van der Waals surface area contributed by atoms with E-state index in [1.165, 1.54) is 10.8 Å². The first-order chi connectivity index (χ1) is 11.8. The highest BCUT2D eigenvalue weighted by atomic mass is 16.6. The summed E-state index contributed by atoms with van der Waals surface area (Å²) in [5.41, 5.74) is 1.10. The molecule has 2 fully saturated rings. The number of aliphatic hydroxyl groups is 1. The zero-order valence-corrected chi connectivity index (χ0v) is 13.1. The minimum absolute atomic E-state index is 0.0311. The third-order valence-corrected chi connectivity index (χ3v) is 5.06. The Hall–Kier alpha value is -2.21. The third kappa shape index (κ3) is 2.02. The number of aliphatic hydroxyl groups excluding tert-OH is 1. The summed E-state index contributed by atoms with van der Waals surface area (Å²) >= 11 is 0. The molecule has 3 heterocycles. The van der Waals surface area contributed by atoms with E-state index in [-0.39, 0.29) is 18.2 Å². The number of aromatic nitrogens is 2. The molecule has 0 bridgehead atoms. The molecule has 0 saturated carbocycles. The van der Waals surface area contributed by atoms with Crippen LogP contribution in [0, 0.1) is 0 Å². The number of hydrogen-bond donors (Lipinski definition) is 1. The van der Waals surface area contributed by atoms with Crippen molar-refractivity contribution in [1.82, 2.24) is 9.55 Å². The Morgan fingerprint density at radius 2 is 1.83 bits per heavy atom. The summed E-state index contributed by atoms with van der Waals surface area (Å²) in [6.07, 6.45) is 2.89. The Morgan fingerprint density at radius 3 is 2.79 bits per heavy atom. The van der Waals surface area contributed by atoms with Crippen LogP contribution in [0.3, 0.4) is 0 Å². The van der Waals surface area contributed by atoms with Crippen LogP contribution >= 0.6 is 0 Å². The number of ether oxygens (including phenoxy) is 2. The summed E-state index contributed by atoms with van der Waals surface area (Å²) in [5.74, 6) is 0.908. The molecule has 0 unspecified atom stereocenters. The quantitative estimate of drug-likeness (QED) is 0.787. The Morgan fingerprint density at radius 1 is 1.00 bits per heavy atom. The van der Waals surface area contributed by atoms with Crippen molar-refractivity contribution >= 4 is 10.8 Å². The summed E-state index contributed by atoms with van der Waals surface area (Å²) in [5, 5.41) is 12.3. The van der Waals surface area contributed by atoms with E-state index in [4.69, 9.17) is 9.47 Å². The summed E-state index contributed by atoms with van der Waals surface area (Å²) in [6, 6.07) is 14.6. The van der Waals surface area contributed by atoms with Crippen LogP contribution in [0.5, 0.6) is 0 Å². The van der Waals surface area contributed by atoms with Gasteiger partial charge in [-0.3, -0.25) is 0 Å². The number of rotatable bonds is 2. The molecule has 2 saturated heterocycles. The van der Waals surface area contributed by atoms with Crippen molar-refractivity contribution in [3.63, 3.8) is 0 Å². The monoisotopic (exact) mass is 322 g/mol. The molecule has 5 rings (SSSR count). The lowest BCUT2D eigenvalue weighted by Crippen LogP contribution is -2.30. The molecule has 24 heavy (non-hydrogen) atoms. The lowest BCUT2D eigenvalue weighted by Gasteiger charge is -2.20. The molecule has 3 aromatic rings. The Balaban J connectivity index is 1.61. The van der Waals surface area contributed by atoms with Crippen molar-refractivity contribution in [3.05, 3.63) is 54.9 Å². The van der Waals surface area contributed by atoms with Gasteiger partial charge in [-0.1, -0.05) is 42.5 Å². The second kappa shape index (κ2) is 5.41. The fourth-order valence-electron chi connectivity index (χ4n) is 3.91. The molecule has 0 amide bonds. The summed E-state index contributed by atoms with van der Waals surface area (Å²) in [6.45, 7) is 0.866. The lowest BCUT2D eigenvalue weighted by atomic mass is 10.0. The highest BCUT2D eigenvalue weighted by Crippen LogP contribution is 2.37. The summed E-state index contributed by atoms with van der Waals surface area (Å²) in [7, 11) is 0. The molecule has 1 aromatic heterocycles. The van der Waals surface area contributed by atoms with E-state index in [9.17, 15) is 5.11 Å². The minimum Gasteiger partial charge on any atom is -0.388 e. The van der Waals surface area contributed by atoms with E-state index in [1.807, 2.05) is 24.5 Å². The summed E-state index contributed by atoms with van der Waals surface area (Å²) < 4.78 is 13.7. The van der Waals surface area contributed by atoms with Crippen LogP contribution in [0.2, 0.25) is 0 Å². The van der Waals surface area contributed by atoms with Gasteiger partial charge in [0.25, 0.3) is 0 Å². The average molecular weight is 322 g/mol. The fourth-order valence-corrected chi connectivity index (χ4v) is 3.91. The smallest absolute Gasteiger partial charge is 0.140 e. The molecule has 2 aliphatic heterocycles. The highest BCUT2D eigenvalue weighted by Gasteiger charge is 2.48. The second-order valence-corrected chi connectivity index (χ2v) is 6.42. The maximum Gasteiger partial charge on any atom is 0.140 e. The molecular formula is C19H18N2O3. The van der Waals surface area contributed by atoms with E-state index >= 15 is 0 Å². The minimum atomic E-state index is -0.537. The van der Waals surface area contributed by atoms with Crippen LogP contribution in [0.25, 0.3) is 22.2 Å². The lowest BCUT2D eigenvalue weighted by molar-refractivity contribution is 0.0172. The van der Waals surface area contributed by atoms with Gasteiger partial charge in [-0.05, 0) is 10.8 Å². The van der Waals surface area contributed by atoms with Crippen LogP contribution in [-0.4, -0.2) is 46.2 Å². The van der Waals surface area contributed by atoms with Crippen molar-refractivity contribution in [2.24, 2.45) is 0 Å². The molecule has 1 N–H and O–H groups in total. The maximum absolute atomic E-state index is 9.97. The summed E-state index contributed by atoms with van der Waals surface area (Å²) in [4.78, 5) is 4.60. The molecule has 4 atom stereocenters. The van der Waals surface area contributed by atoms with Gasteiger partial charge in [-0.2, -0.15) is 0 Å². The van der Waals surface area contributed by atoms with E-state index in [2.05, 4.69) is 39.9 Å². The van der Waals surface area contributed by atoms with E-state index in [0.717, 1.165) is 11.4 Å². The number of imidazole rings is 1. The first-order valence-corrected chi connectivity index (χ1v) is 8.25. The predicted molar refractivity (Wildman–Crippen MR) is 89.7 cm³/mol. The number of hydrogen-bond acceptors (Lipinski definition) is 4. The SMILES string of the molecule is O[C@@H]1CO[C@H]2[C@@H]1OC[C@@H]2n1ccnc1-c1cccc2ccccc12. The number of nitrogens with zero attached hydrogens (tertiary/aromatic N) is 2. The zero-order chi connectivity index (χ0) is 16.1. The van der Waals surface area contributed by atoms with E-state index < -0.39 is 6.10 Å². The molecule has 0 spiro atoms. The first-order valence-electron chi connectivity index (χ1n) is 8.25. The van der Waals surface area contributed by atoms with Crippen LogP contribution in [0.1, 0.15) is 6.04 Å². The number of benzene rings is 2. The zero-order valence-electron chi connectivity index (χ0n) is 13.1. The molecule has 5 nitrogen and oxygen atoms in total. The standard InChI is InChI=1S/C19H18N2O3/c22-16-11-24-17-15(10-23-18(16)17)21-9-8-20-19(21)14-7-3-5-12-4-1-2-6-13(12)14/h1-9,15-18,22H,10-11H2/t15-,16+,17+,18+/m0/s1. The van der Waals surface area contributed by atoms with Crippen molar-refractivity contribution in [2.45, 2.75) is 24.4 Å². The highest BCUT2D eigenvalue weighted by molar-refractivity contribution is 5.95. The topological polar surface area (TPSA) is 56.5 Å². The largest absolute Gasteiger partial charge is 0.388 e. The van der Waals surface area contributed by atoms with E-state index in [0.29, 0.717) is 13.2 Å². The average Bonchev–Trinajstić information content (AvgIpc) is 3.32. The van der Waals surface area contributed by atoms with Gasteiger partial charge in [-0.15, -0.1) is 0 Å². The van der Waals surface area contributed by atoms with E-state index in [1.54, 1.807) is 0 Å². The first kappa shape index (κ1) is 14.2. The number of fused-ring (bicyclic) bond motifs is 2. The Bertz CT molecular complexity index is 886. The van der Waals surface area contributed by atoms with Gasteiger partial charge >= 0.3 is 0 Å². The van der Waals surface area contributed by atoms with Gasteiger partial charge < -0.3 is 19.1 Å². The molecule has 2 aliphatic rings. The van der Waals surface area contributed by atoms with Crippen molar-refractivity contribution < 1.29 is 14.6 Å². The van der Waals surface area contributed by atoms with Crippen LogP contribution in [0.15, 0.2) is 54.9 Å². The van der Waals surface area contributed by atoms with Gasteiger partial charge in [0.05, 0.1) is 19.3 Å². The molecular weight excluding hydrogens is 304 g/mol.